The molecule has 106 valence electrons. The van der Waals surface area contributed by atoms with Crippen LogP contribution in [0.3, 0.4) is 0 Å². The Morgan fingerprint density at radius 2 is 2.26 bits per heavy atom. The molecule has 5 nitrogen and oxygen atoms in total. The highest BCUT2D eigenvalue weighted by atomic mass is 32.2. The van der Waals surface area contributed by atoms with E-state index in [-0.39, 0.29) is 0 Å². The quantitative estimate of drug-likeness (QED) is 0.623. The molecule has 1 aromatic rings. The molecule has 0 aliphatic heterocycles. The zero-order chi connectivity index (χ0) is 14.3. The number of thioether (sulfide) groups is 1. The molecule has 4 N–H and O–H groups in total. The van der Waals surface area contributed by atoms with Crippen LogP contribution in [0.15, 0.2) is 24.3 Å². The predicted octanol–water partition coefficient (Wildman–Crippen LogP) is 1.26. The second-order valence-electron chi connectivity index (χ2n) is 4.10. The maximum Gasteiger partial charge on any atom is 0.320 e. The molecule has 0 saturated carbocycles. The van der Waals surface area contributed by atoms with Crippen molar-refractivity contribution in [3.63, 3.8) is 0 Å². The number of nitrogens with two attached hydrogens (primary N) is 1. The van der Waals surface area contributed by atoms with Gasteiger partial charge in [-0.15, -0.1) is 0 Å². The van der Waals surface area contributed by atoms with Crippen molar-refractivity contribution < 1.29 is 19.7 Å². The number of hydrogen-bond donors (Lipinski definition) is 3. The van der Waals surface area contributed by atoms with E-state index in [1.54, 1.807) is 13.2 Å². The first-order valence-electron chi connectivity index (χ1n) is 5.92. The number of aliphatic carboxylic acids is 1. The molecule has 0 radical (unpaired) electrons. The van der Waals surface area contributed by atoms with Gasteiger partial charge in [0, 0.05) is 5.75 Å². The highest BCUT2D eigenvalue weighted by molar-refractivity contribution is 7.99. The van der Waals surface area contributed by atoms with Gasteiger partial charge in [-0.25, -0.2) is 0 Å². The molecule has 0 aromatic heterocycles. The summed E-state index contributed by atoms with van der Waals surface area (Å²) >= 11 is 1.48. The number of aliphatic hydroxyl groups is 1. The molecule has 0 bridgehead atoms. The van der Waals surface area contributed by atoms with Gasteiger partial charge in [0.2, 0.25) is 0 Å². The minimum Gasteiger partial charge on any atom is -0.497 e. The van der Waals surface area contributed by atoms with Crippen molar-refractivity contribution in [3.8, 4) is 5.75 Å². The Morgan fingerprint density at radius 3 is 2.89 bits per heavy atom. The van der Waals surface area contributed by atoms with Gasteiger partial charge in [0.05, 0.1) is 13.2 Å². The lowest BCUT2D eigenvalue weighted by atomic mass is 10.1. The van der Waals surface area contributed by atoms with Crippen molar-refractivity contribution in [3.05, 3.63) is 29.8 Å². The van der Waals surface area contributed by atoms with Crippen LogP contribution in [0.4, 0.5) is 0 Å². The van der Waals surface area contributed by atoms with Gasteiger partial charge < -0.3 is 20.7 Å². The van der Waals surface area contributed by atoms with Gasteiger partial charge in [-0.2, -0.15) is 11.8 Å². The van der Waals surface area contributed by atoms with Crippen LogP contribution in [0.1, 0.15) is 18.1 Å². The molecular weight excluding hydrogens is 266 g/mol. The molecule has 1 aromatic carbocycles. The van der Waals surface area contributed by atoms with Crippen LogP contribution in [0, 0.1) is 0 Å². The normalized spacial score (nSPS) is 13.8. The first kappa shape index (κ1) is 15.8. The Hall–Kier alpha value is -1.24. The van der Waals surface area contributed by atoms with Crippen molar-refractivity contribution >= 4 is 17.7 Å². The SMILES string of the molecule is COc1cccc(C(O)CSCCC(N)C(=O)O)c1. The minimum absolute atomic E-state index is 0.394. The molecule has 1 rings (SSSR count). The summed E-state index contributed by atoms with van der Waals surface area (Å²) in [7, 11) is 1.58. The average Bonchev–Trinajstić information content (AvgIpc) is 2.42. The average molecular weight is 285 g/mol. The molecule has 0 fully saturated rings. The summed E-state index contributed by atoms with van der Waals surface area (Å²) in [5, 5.41) is 18.6. The minimum atomic E-state index is -0.992. The summed E-state index contributed by atoms with van der Waals surface area (Å²) in [4.78, 5) is 10.5. The predicted molar refractivity (Wildman–Crippen MR) is 75.5 cm³/mol. The maximum atomic E-state index is 10.5. The summed E-state index contributed by atoms with van der Waals surface area (Å²) in [5.41, 5.74) is 6.18. The maximum absolute atomic E-state index is 10.5. The summed E-state index contributed by atoms with van der Waals surface area (Å²) in [5.74, 6) is 0.817. The first-order valence-corrected chi connectivity index (χ1v) is 7.08. The van der Waals surface area contributed by atoms with Crippen molar-refractivity contribution in [2.45, 2.75) is 18.6 Å². The third-order valence-corrected chi connectivity index (χ3v) is 3.72. The molecule has 0 spiro atoms. The number of benzene rings is 1. The molecule has 0 aliphatic carbocycles. The number of methoxy groups -OCH3 is 1. The third-order valence-electron chi connectivity index (χ3n) is 2.64. The number of carboxylic acid groups (broad SMARTS) is 1. The van der Waals surface area contributed by atoms with E-state index < -0.39 is 18.1 Å². The van der Waals surface area contributed by atoms with E-state index in [9.17, 15) is 9.90 Å². The number of rotatable bonds is 8. The van der Waals surface area contributed by atoms with E-state index in [4.69, 9.17) is 15.6 Å². The molecule has 0 saturated heterocycles. The number of aliphatic hydroxyl groups excluding tert-OH is 1. The zero-order valence-electron chi connectivity index (χ0n) is 10.8. The van der Waals surface area contributed by atoms with Crippen molar-refractivity contribution in [1.82, 2.24) is 0 Å². The molecular formula is C13H19NO4S. The Morgan fingerprint density at radius 1 is 1.53 bits per heavy atom. The molecule has 0 aliphatic rings. The van der Waals surface area contributed by atoms with Crippen molar-refractivity contribution in [2.75, 3.05) is 18.6 Å². The van der Waals surface area contributed by atoms with Crippen LogP contribution in [0.5, 0.6) is 5.75 Å². The zero-order valence-corrected chi connectivity index (χ0v) is 11.6. The Balaban J connectivity index is 2.34. The Labute approximate surface area is 116 Å². The van der Waals surface area contributed by atoms with Crippen LogP contribution in [-0.2, 0) is 4.79 Å². The number of ether oxygens (including phenoxy) is 1. The van der Waals surface area contributed by atoms with Gasteiger partial charge in [0.15, 0.2) is 0 Å². The summed E-state index contributed by atoms with van der Waals surface area (Å²) in [6.07, 6.45) is -0.202. The van der Waals surface area contributed by atoms with Crippen LogP contribution in [0.2, 0.25) is 0 Å². The molecule has 0 heterocycles. The van der Waals surface area contributed by atoms with E-state index in [1.165, 1.54) is 11.8 Å². The largest absolute Gasteiger partial charge is 0.497 e. The molecule has 0 amide bonds. The van der Waals surface area contributed by atoms with Crippen molar-refractivity contribution in [2.24, 2.45) is 5.73 Å². The smallest absolute Gasteiger partial charge is 0.320 e. The van der Waals surface area contributed by atoms with Crippen LogP contribution in [-0.4, -0.2) is 40.8 Å². The summed E-state index contributed by atoms with van der Waals surface area (Å²) < 4.78 is 5.09. The Kier molecular flexibility index (Phi) is 6.69. The molecule has 2 atom stereocenters. The number of carboxylic acids is 1. The highest BCUT2D eigenvalue weighted by Gasteiger charge is 2.12. The lowest BCUT2D eigenvalue weighted by Gasteiger charge is -2.12. The van der Waals surface area contributed by atoms with Gasteiger partial charge in [-0.1, -0.05) is 12.1 Å². The van der Waals surface area contributed by atoms with Gasteiger partial charge in [-0.05, 0) is 29.9 Å². The van der Waals surface area contributed by atoms with E-state index in [0.29, 0.717) is 23.7 Å². The van der Waals surface area contributed by atoms with Gasteiger partial charge >= 0.3 is 5.97 Å². The topological polar surface area (TPSA) is 92.8 Å². The standard InChI is InChI=1S/C13H19NO4S/c1-18-10-4-2-3-9(7-10)12(15)8-19-6-5-11(14)13(16)17/h2-4,7,11-12,15H,5-6,8,14H2,1H3,(H,16,17). The van der Waals surface area contributed by atoms with Crippen molar-refractivity contribution in [1.29, 1.82) is 0 Å². The summed E-state index contributed by atoms with van der Waals surface area (Å²) in [6.45, 7) is 0. The number of carbonyl (C=O) groups is 1. The van der Waals surface area contributed by atoms with Crippen LogP contribution in [0.25, 0.3) is 0 Å². The molecule has 2 unspecified atom stereocenters. The molecule has 19 heavy (non-hydrogen) atoms. The van der Waals surface area contributed by atoms with Gasteiger partial charge in [0.25, 0.3) is 0 Å². The lowest BCUT2D eigenvalue weighted by molar-refractivity contribution is -0.138. The fourth-order valence-corrected chi connectivity index (χ4v) is 2.48. The number of hydrogen-bond acceptors (Lipinski definition) is 5. The monoisotopic (exact) mass is 285 g/mol. The van der Waals surface area contributed by atoms with E-state index >= 15 is 0 Å². The Bertz CT molecular complexity index is 413. The van der Waals surface area contributed by atoms with E-state index in [2.05, 4.69) is 0 Å². The van der Waals surface area contributed by atoms with Gasteiger partial charge in [-0.3, -0.25) is 4.79 Å². The first-order chi connectivity index (χ1) is 9.04. The van der Waals surface area contributed by atoms with Gasteiger partial charge in [0.1, 0.15) is 11.8 Å². The molecule has 6 heteroatoms. The van der Waals surface area contributed by atoms with E-state index in [0.717, 1.165) is 5.56 Å². The van der Waals surface area contributed by atoms with E-state index in [1.807, 2.05) is 18.2 Å². The fourth-order valence-electron chi connectivity index (χ4n) is 1.47. The van der Waals surface area contributed by atoms with Crippen LogP contribution < -0.4 is 10.5 Å². The highest BCUT2D eigenvalue weighted by Crippen LogP contribution is 2.22. The van der Waals surface area contributed by atoms with Crippen LogP contribution >= 0.6 is 11.8 Å². The fraction of sp³-hybridized carbons (Fsp3) is 0.462. The lowest BCUT2D eigenvalue weighted by Crippen LogP contribution is -2.30. The second-order valence-corrected chi connectivity index (χ2v) is 5.25. The summed E-state index contributed by atoms with van der Waals surface area (Å²) in [6, 6.07) is 6.42. The third kappa shape index (κ3) is 5.50. The second kappa shape index (κ2) is 8.04.